The quantitative estimate of drug-likeness (QED) is 0.614. The molecular weight excluding hydrogens is 271 g/mol. The largest absolute Gasteiger partial charge is 0.391 e. The van der Waals surface area contributed by atoms with Gasteiger partial charge in [-0.1, -0.05) is 27.7 Å². The van der Waals surface area contributed by atoms with Gasteiger partial charge in [0.1, 0.15) is 6.67 Å². The summed E-state index contributed by atoms with van der Waals surface area (Å²) < 4.78 is 61.6. The first-order valence-electron chi connectivity index (χ1n) is 6.39. The molecule has 120 valence electrons. The Morgan fingerprint density at radius 3 is 1.79 bits per heavy atom. The van der Waals surface area contributed by atoms with Gasteiger partial charge in [0.25, 0.3) is 0 Å². The summed E-state index contributed by atoms with van der Waals surface area (Å²) in [6.07, 6.45) is -4.77. The lowest BCUT2D eigenvalue weighted by atomic mass is 10.3. The molecule has 0 N–H and O–H groups in total. The molecule has 0 saturated carbocycles. The number of halogens is 5. The van der Waals surface area contributed by atoms with E-state index >= 15 is 0 Å². The number of alkyl halides is 4. The summed E-state index contributed by atoms with van der Waals surface area (Å²) in [5.74, 6) is 0. The Labute approximate surface area is 112 Å². The van der Waals surface area contributed by atoms with Crippen molar-refractivity contribution in [3.8, 4) is 0 Å². The summed E-state index contributed by atoms with van der Waals surface area (Å²) in [6, 6.07) is 0. The molecule has 0 heterocycles. The van der Waals surface area contributed by atoms with E-state index in [2.05, 4.69) is 9.68 Å². The zero-order valence-electron chi connectivity index (χ0n) is 12.0. The third kappa shape index (κ3) is 27.0. The van der Waals surface area contributed by atoms with Crippen LogP contribution in [-0.2, 0) is 9.68 Å². The maximum absolute atomic E-state index is 11.9. The van der Waals surface area contributed by atoms with Gasteiger partial charge in [0.2, 0.25) is 0 Å². The van der Waals surface area contributed by atoms with Crippen molar-refractivity contribution in [1.29, 1.82) is 0 Å². The van der Waals surface area contributed by atoms with Crippen LogP contribution in [0, 0.1) is 0 Å². The van der Waals surface area contributed by atoms with Gasteiger partial charge in [-0.2, -0.15) is 18.1 Å². The smallest absolute Gasteiger partial charge is 0.375 e. The normalized spacial score (nSPS) is 11.8. The van der Waals surface area contributed by atoms with Crippen LogP contribution >= 0.6 is 0 Å². The fraction of sp³-hybridized carbons (Fsp3) is 1.00. The Balaban J connectivity index is -0.000000307. The highest BCUT2D eigenvalue weighted by molar-refractivity contribution is 4.54. The third-order valence-corrected chi connectivity index (χ3v) is 1.65. The van der Waals surface area contributed by atoms with Gasteiger partial charge in [0, 0.05) is 0 Å². The van der Waals surface area contributed by atoms with E-state index in [4.69, 9.17) is 0 Å². The fourth-order valence-corrected chi connectivity index (χ4v) is 0.690. The summed E-state index contributed by atoms with van der Waals surface area (Å²) in [7, 11) is 0. The number of ether oxygens (including phenoxy) is 1. The van der Waals surface area contributed by atoms with E-state index in [1.807, 2.05) is 20.8 Å². The van der Waals surface area contributed by atoms with E-state index in [1.165, 1.54) is 0 Å². The lowest BCUT2D eigenvalue weighted by Gasteiger charge is -2.12. The van der Waals surface area contributed by atoms with Crippen molar-refractivity contribution >= 4 is 0 Å². The van der Waals surface area contributed by atoms with Gasteiger partial charge in [-0.05, 0) is 17.4 Å². The lowest BCUT2D eigenvalue weighted by Crippen LogP contribution is -2.19. The predicted octanol–water partition coefficient (Wildman–Crippen LogP) is 5.03. The molecule has 19 heavy (non-hydrogen) atoms. The Morgan fingerprint density at radius 1 is 1.05 bits per heavy atom. The molecule has 0 rings (SSSR count). The second-order valence-electron chi connectivity index (χ2n) is 3.23. The van der Waals surface area contributed by atoms with Gasteiger partial charge in [0.15, 0.2) is 0 Å². The molecule has 7 heteroatoms. The number of hydrogen-bond donors (Lipinski definition) is 0. The van der Waals surface area contributed by atoms with E-state index in [0.29, 0.717) is 6.42 Å². The first-order valence-corrected chi connectivity index (χ1v) is 6.39. The van der Waals surface area contributed by atoms with Crippen molar-refractivity contribution in [2.24, 2.45) is 0 Å². The zero-order valence-corrected chi connectivity index (χ0v) is 12.0. The van der Waals surface area contributed by atoms with Gasteiger partial charge in [-0.3, -0.25) is 0 Å². The summed E-state index contributed by atoms with van der Waals surface area (Å²) in [5, 5.41) is 0. The first-order chi connectivity index (χ1) is 8.91. The van der Waals surface area contributed by atoms with Crippen LogP contribution in [0.4, 0.5) is 22.1 Å². The van der Waals surface area contributed by atoms with Gasteiger partial charge >= 0.3 is 6.18 Å². The SMILES string of the molecule is CC.CCC(CF)OCCC(F)(F)F.CCCOF. The van der Waals surface area contributed by atoms with Crippen molar-refractivity contribution in [1.82, 2.24) is 0 Å². The van der Waals surface area contributed by atoms with Crippen LogP contribution in [0.2, 0.25) is 0 Å². The Bertz CT molecular complexity index is 148. The molecule has 0 fully saturated rings. The van der Waals surface area contributed by atoms with Crippen LogP contribution in [-0.4, -0.2) is 32.2 Å². The van der Waals surface area contributed by atoms with Gasteiger partial charge in [0.05, 0.1) is 25.7 Å². The molecule has 0 aromatic carbocycles. The highest BCUT2D eigenvalue weighted by atomic mass is 19.4. The summed E-state index contributed by atoms with van der Waals surface area (Å²) >= 11 is 0. The standard InChI is InChI=1S/C7H12F4O.C3H7FO.C2H6/c1-2-6(5-8)12-4-3-7(9,10)11;1-2-3-5-4;1-2/h6H,2-5H2,1H3;2-3H2,1H3;1-2H3. The summed E-state index contributed by atoms with van der Waals surface area (Å²) in [5.41, 5.74) is 0. The van der Waals surface area contributed by atoms with Gasteiger partial charge in [-0.25, -0.2) is 4.39 Å². The molecule has 0 amide bonds. The van der Waals surface area contributed by atoms with Gasteiger partial charge < -0.3 is 4.74 Å². The van der Waals surface area contributed by atoms with Crippen molar-refractivity contribution < 1.29 is 31.8 Å². The Hall–Kier alpha value is -0.430. The average molecular weight is 296 g/mol. The molecule has 0 aromatic heterocycles. The molecule has 0 saturated heterocycles. The minimum atomic E-state index is -4.21. The number of hydrogen-bond acceptors (Lipinski definition) is 2. The predicted molar refractivity (Wildman–Crippen MR) is 65.4 cm³/mol. The molecule has 1 unspecified atom stereocenters. The molecule has 0 radical (unpaired) electrons. The van der Waals surface area contributed by atoms with Crippen molar-refractivity contribution in [3.05, 3.63) is 0 Å². The average Bonchev–Trinajstić information content (AvgIpc) is 2.37. The van der Waals surface area contributed by atoms with Crippen molar-refractivity contribution in [2.45, 2.75) is 59.2 Å². The highest BCUT2D eigenvalue weighted by Crippen LogP contribution is 2.19. The second kappa shape index (κ2) is 17.6. The maximum Gasteiger partial charge on any atom is 0.391 e. The molecule has 0 aliphatic heterocycles. The zero-order chi connectivity index (χ0) is 15.7. The lowest BCUT2D eigenvalue weighted by molar-refractivity contribution is -0.149. The third-order valence-electron chi connectivity index (χ3n) is 1.65. The van der Waals surface area contributed by atoms with Crippen molar-refractivity contribution in [2.75, 3.05) is 19.9 Å². The molecule has 0 aliphatic rings. The van der Waals surface area contributed by atoms with Crippen LogP contribution < -0.4 is 0 Å². The van der Waals surface area contributed by atoms with Crippen LogP contribution in [0.15, 0.2) is 0 Å². The molecule has 0 aromatic rings. The highest BCUT2D eigenvalue weighted by Gasteiger charge is 2.26. The van der Waals surface area contributed by atoms with E-state index < -0.39 is 32.0 Å². The van der Waals surface area contributed by atoms with Crippen LogP contribution in [0.1, 0.15) is 47.0 Å². The Kier molecular flexibility index (Phi) is 21.9. The van der Waals surface area contributed by atoms with E-state index in [1.54, 1.807) is 6.92 Å². The van der Waals surface area contributed by atoms with Crippen LogP contribution in [0.25, 0.3) is 0 Å². The monoisotopic (exact) mass is 296 g/mol. The topological polar surface area (TPSA) is 18.5 Å². The Morgan fingerprint density at radius 2 is 1.58 bits per heavy atom. The first kappa shape index (κ1) is 23.6. The van der Waals surface area contributed by atoms with Crippen LogP contribution in [0.3, 0.4) is 0 Å². The molecule has 2 nitrogen and oxygen atoms in total. The molecule has 0 spiro atoms. The van der Waals surface area contributed by atoms with E-state index in [0.717, 1.165) is 6.42 Å². The van der Waals surface area contributed by atoms with Gasteiger partial charge in [-0.15, -0.1) is 0 Å². The minimum absolute atomic E-state index is 0.222. The second-order valence-corrected chi connectivity index (χ2v) is 3.23. The van der Waals surface area contributed by atoms with Crippen LogP contribution in [0.5, 0.6) is 0 Å². The summed E-state index contributed by atoms with van der Waals surface area (Å²) in [4.78, 5) is 3.19. The summed E-state index contributed by atoms with van der Waals surface area (Å²) in [6.45, 7) is 6.55. The van der Waals surface area contributed by atoms with E-state index in [-0.39, 0.29) is 6.61 Å². The molecule has 0 bridgehead atoms. The molecular formula is C12H25F5O2. The minimum Gasteiger partial charge on any atom is -0.375 e. The maximum atomic E-state index is 11.9. The molecule has 1 atom stereocenters. The molecule has 0 aliphatic carbocycles. The van der Waals surface area contributed by atoms with E-state index in [9.17, 15) is 22.1 Å². The fourth-order valence-electron chi connectivity index (χ4n) is 0.690. The van der Waals surface area contributed by atoms with Crippen molar-refractivity contribution in [3.63, 3.8) is 0 Å². The number of rotatable bonds is 7.